The van der Waals surface area contributed by atoms with Gasteiger partial charge in [-0.15, -0.1) is 0 Å². The highest BCUT2D eigenvalue weighted by Gasteiger charge is 2.19. The third kappa shape index (κ3) is 9.29. The van der Waals surface area contributed by atoms with Crippen molar-refractivity contribution in [2.75, 3.05) is 6.61 Å². The van der Waals surface area contributed by atoms with E-state index < -0.39 is 0 Å². The third-order valence-electron chi connectivity index (χ3n) is 7.07. The molecule has 0 heterocycles. The van der Waals surface area contributed by atoms with Crippen LogP contribution in [0.5, 0.6) is 5.75 Å². The lowest BCUT2D eigenvalue weighted by Crippen LogP contribution is -2.13. The van der Waals surface area contributed by atoms with E-state index in [1.165, 1.54) is 88.2 Å². The molecule has 0 aliphatic heterocycles. The quantitative estimate of drug-likeness (QED) is 0.234. The average Bonchev–Trinajstić information content (AvgIpc) is 2.87. The van der Waals surface area contributed by atoms with E-state index in [4.69, 9.17) is 4.74 Å². The first-order valence-corrected chi connectivity index (χ1v) is 13.6. The predicted molar refractivity (Wildman–Crippen MR) is 143 cm³/mol. The van der Waals surface area contributed by atoms with Crippen LogP contribution in [-0.4, -0.2) is 6.61 Å². The minimum absolute atomic E-state index is 0.589. The standard InChI is InChI=1S/C32H44O/c1-3-5-7-8-9-11-27-12-14-28(15-13-27)16-17-29-18-20-30(21-19-29)31-22-24-32(25-23-31)33-26-10-6-4-2/h18-25,27-28H,3-15,26H2,1-2H3/t27-,28-. The van der Waals surface area contributed by atoms with Crippen molar-refractivity contribution in [3.05, 3.63) is 54.1 Å². The van der Waals surface area contributed by atoms with Gasteiger partial charge in [-0.25, -0.2) is 0 Å². The molecule has 0 saturated heterocycles. The Bertz CT molecular complexity index is 829. The molecular weight excluding hydrogens is 400 g/mol. The molecule has 1 aliphatic carbocycles. The number of ether oxygens (including phenoxy) is 1. The number of rotatable bonds is 12. The molecule has 2 aromatic carbocycles. The van der Waals surface area contributed by atoms with Gasteiger partial charge in [-0.3, -0.25) is 0 Å². The summed E-state index contributed by atoms with van der Waals surface area (Å²) < 4.78 is 5.83. The van der Waals surface area contributed by atoms with Gasteiger partial charge in [0.15, 0.2) is 0 Å². The summed E-state index contributed by atoms with van der Waals surface area (Å²) in [5.41, 5.74) is 3.59. The van der Waals surface area contributed by atoms with Crippen molar-refractivity contribution in [3.8, 4) is 28.7 Å². The van der Waals surface area contributed by atoms with E-state index in [-0.39, 0.29) is 0 Å². The summed E-state index contributed by atoms with van der Waals surface area (Å²) in [4.78, 5) is 0. The minimum Gasteiger partial charge on any atom is -0.494 e. The van der Waals surface area contributed by atoms with Gasteiger partial charge in [0, 0.05) is 11.5 Å². The molecule has 0 aromatic heterocycles. The SMILES string of the molecule is CCCCCCC[C@H]1CC[C@H](C#Cc2ccc(-c3ccc(OCCCCC)cc3)cc2)CC1. The van der Waals surface area contributed by atoms with Crippen LogP contribution in [0.2, 0.25) is 0 Å². The second kappa shape index (κ2) is 14.8. The average molecular weight is 445 g/mol. The zero-order valence-electron chi connectivity index (χ0n) is 21.1. The maximum Gasteiger partial charge on any atom is 0.119 e. The van der Waals surface area contributed by atoms with Crippen LogP contribution in [0.25, 0.3) is 11.1 Å². The van der Waals surface area contributed by atoms with Crippen molar-refractivity contribution in [3.63, 3.8) is 0 Å². The third-order valence-corrected chi connectivity index (χ3v) is 7.07. The molecule has 0 bridgehead atoms. The number of benzene rings is 2. The Morgan fingerprint density at radius 3 is 1.97 bits per heavy atom. The van der Waals surface area contributed by atoms with Crippen LogP contribution in [0.15, 0.2) is 48.5 Å². The van der Waals surface area contributed by atoms with Crippen molar-refractivity contribution < 1.29 is 4.74 Å². The van der Waals surface area contributed by atoms with Crippen LogP contribution in [0, 0.1) is 23.7 Å². The maximum absolute atomic E-state index is 5.83. The van der Waals surface area contributed by atoms with Gasteiger partial charge < -0.3 is 4.74 Å². The molecule has 0 spiro atoms. The molecule has 178 valence electrons. The fraction of sp³-hybridized carbons (Fsp3) is 0.562. The fourth-order valence-corrected chi connectivity index (χ4v) is 4.85. The van der Waals surface area contributed by atoms with Crippen LogP contribution >= 0.6 is 0 Å². The van der Waals surface area contributed by atoms with Gasteiger partial charge in [0.25, 0.3) is 0 Å². The Morgan fingerprint density at radius 1 is 0.697 bits per heavy atom. The van der Waals surface area contributed by atoms with Crippen molar-refractivity contribution in [2.45, 2.75) is 97.3 Å². The fourth-order valence-electron chi connectivity index (χ4n) is 4.85. The summed E-state index contributed by atoms with van der Waals surface area (Å²) in [6.07, 6.45) is 17.4. The summed E-state index contributed by atoms with van der Waals surface area (Å²) in [6, 6.07) is 17.2. The van der Waals surface area contributed by atoms with E-state index in [1.54, 1.807) is 0 Å². The zero-order valence-corrected chi connectivity index (χ0v) is 21.1. The molecular formula is C32H44O. The number of unbranched alkanes of at least 4 members (excludes halogenated alkanes) is 6. The molecule has 33 heavy (non-hydrogen) atoms. The van der Waals surface area contributed by atoms with Crippen LogP contribution < -0.4 is 4.74 Å². The van der Waals surface area contributed by atoms with Crippen LogP contribution in [0.3, 0.4) is 0 Å². The molecule has 1 nitrogen and oxygen atoms in total. The monoisotopic (exact) mass is 444 g/mol. The zero-order chi connectivity index (χ0) is 23.1. The summed E-state index contributed by atoms with van der Waals surface area (Å²) in [5, 5.41) is 0. The molecule has 1 heteroatoms. The van der Waals surface area contributed by atoms with Crippen molar-refractivity contribution in [2.24, 2.45) is 11.8 Å². The van der Waals surface area contributed by atoms with Gasteiger partial charge >= 0.3 is 0 Å². The van der Waals surface area contributed by atoms with Gasteiger partial charge in [-0.1, -0.05) is 101 Å². The first-order chi connectivity index (χ1) is 16.3. The number of hydrogen-bond acceptors (Lipinski definition) is 1. The maximum atomic E-state index is 5.83. The Balaban J connectivity index is 1.41. The van der Waals surface area contributed by atoms with Crippen molar-refractivity contribution in [1.82, 2.24) is 0 Å². The highest BCUT2D eigenvalue weighted by atomic mass is 16.5. The molecule has 1 saturated carbocycles. The van der Waals surface area contributed by atoms with Gasteiger partial charge in [0.05, 0.1) is 6.61 Å². The largest absolute Gasteiger partial charge is 0.494 e. The second-order valence-corrected chi connectivity index (χ2v) is 9.85. The lowest BCUT2D eigenvalue weighted by molar-refractivity contribution is 0.294. The van der Waals surface area contributed by atoms with Gasteiger partial charge in [-0.05, 0) is 73.4 Å². The molecule has 0 N–H and O–H groups in total. The first kappa shape index (κ1) is 25.4. The van der Waals surface area contributed by atoms with E-state index in [1.807, 2.05) is 0 Å². The van der Waals surface area contributed by atoms with E-state index in [2.05, 4.69) is 74.2 Å². The highest BCUT2D eigenvalue weighted by molar-refractivity contribution is 5.65. The van der Waals surface area contributed by atoms with E-state index >= 15 is 0 Å². The van der Waals surface area contributed by atoms with Gasteiger partial charge in [0.1, 0.15) is 5.75 Å². The van der Waals surface area contributed by atoms with E-state index in [0.717, 1.165) is 30.3 Å². The van der Waals surface area contributed by atoms with Crippen LogP contribution in [0.4, 0.5) is 0 Å². The summed E-state index contributed by atoms with van der Waals surface area (Å²) >= 11 is 0. The summed E-state index contributed by atoms with van der Waals surface area (Å²) in [5.74, 6) is 9.52. The smallest absolute Gasteiger partial charge is 0.119 e. The number of hydrogen-bond donors (Lipinski definition) is 0. The van der Waals surface area contributed by atoms with Crippen molar-refractivity contribution >= 4 is 0 Å². The highest BCUT2D eigenvalue weighted by Crippen LogP contribution is 2.32. The van der Waals surface area contributed by atoms with Crippen molar-refractivity contribution in [1.29, 1.82) is 0 Å². The topological polar surface area (TPSA) is 9.23 Å². The Morgan fingerprint density at radius 2 is 1.30 bits per heavy atom. The molecule has 0 radical (unpaired) electrons. The Labute approximate surface area is 203 Å². The summed E-state index contributed by atoms with van der Waals surface area (Å²) in [7, 11) is 0. The molecule has 1 fully saturated rings. The Kier molecular flexibility index (Phi) is 11.4. The molecule has 0 amide bonds. The molecule has 3 rings (SSSR count). The summed E-state index contributed by atoms with van der Waals surface area (Å²) in [6.45, 7) is 5.32. The normalized spacial score (nSPS) is 17.9. The lowest BCUT2D eigenvalue weighted by atomic mass is 9.80. The van der Waals surface area contributed by atoms with E-state index in [0.29, 0.717) is 5.92 Å². The van der Waals surface area contributed by atoms with Crippen LogP contribution in [-0.2, 0) is 0 Å². The van der Waals surface area contributed by atoms with Gasteiger partial charge in [0.2, 0.25) is 0 Å². The van der Waals surface area contributed by atoms with Crippen LogP contribution in [0.1, 0.15) is 103 Å². The second-order valence-electron chi connectivity index (χ2n) is 9.85. The first-order valence-electron chi connectivity index (χ1n) is 13.6. The predicted octanol–water partition coefficient (Wildman–Crippen LogP) is 9.44. The van der Waals surface area contributed by atoms with E-state index in [9.17, 15) is 0 Å². The molecule has 0 atom stereocenters. The Hall–Kier alpha value is -2.20. The molecule has 2 aromatic rings. The molecule has 1 aliphatic rings. The van der Waals surface area contributed by atoms with Gasteiger partial charge in [-0.2, -0.15) is 0 Å². The lowest BCUT2D eigenvalue weighted by Gasteiger charge is -2.25. The minimum atomic E-state index is 0.589. The molecule has 0 unspecified atom stereocenters.